The van der Waals surface area contributed by atoms with E-state index in [1.54, 1.807) is 0 Å². The van der Waals surface area contributed by atoms with Crippen LogP contribution in [0.25, 0.3) is 5.52 Å². The van der Waals surface area contributed by atoms with Crippen LogP contribution in [-0.4, -0.2) is 15.3 Å². The summed E-state index contributed by atoms with van der Waals surface area (Å²) in [6, 6.07) is 16.1. The van der Waals surface area contributed by atoms with E-state index in [4.69, 9.17) is 5.73 Å². The van der Waals surface area contributed by atoms with Crippen molar-refractivity contribution in [3.05, 3.63) is 71.8 Å². The number of benzene rings is 1. The Bertz CT molecular complexity index is 832. The molecule has 104 valence electrons. The number of amides is 1. The lowest BCUT2D eigenvalue weighted by Crippen LogP contribution is -2.14. The highest BCUT2D eigenvalue weighted by atomic mass is 16.1. The topological polar surface area (TPSA) is 60.4 Å². The van der Waals surface area contributed by atoms with Crippen LogP contribution in [0, 0.1) is 0 Å². The summed E-state index contributed by atoms with van der Waals surface area (Å²) in [5.41, 5.74) is 7.78. The molecule has 0 bridgehead atoms. The third-order valence-corrected chi connectivity index (χ3v) is 4.29. The van der Waals surface area contributed by atoms with Gasteiger partial charge in [-0.1, -0.05) is 36.4 Å². The molecular formula is C17H15N3O. The largest absolute Gasteiger partial charge is 0.364 e. The van der Waals surface area contributed by atoms with Gasteiger partial charge in [0, 0.05) is 6.20 Å². The molecule has 1 fully saturated rings. The normalized spacial score (nSPS) is 16.0. The standard InChI is InChI=1S/C17H15N3O/c18-15(21)14-13-8-4-5-11-20(13)16(19-14)17(9-10-17)12-6-2-1-3-7-12/h1-8,11H,9-10H2,(H2,18,21). The molecule has 1 saturated carbocycles. The van der Waals surface area contributed by atoms with Crippen molar-refractivity contribution >= 4 is 11.4 Å². The minimum Gasteiger partial charge on any atom is -0.364 e. The van der Waals surface area contributed by atoms with Crippen molar-refractivity contribution in [2.24, 2.45) is 5.73 Å². The third-order valence-electron chi connectivity index (χ3n) is 4.29. The SMILES string of the molecule is NC(=O)c1nc(C2(c3ccccc3)CC2)n2ccccc12. The van der Waals surface area contributed by atoms with Gasteiger partial charge in [-0.05, 0) is 30.5 Å². The first kappa shape index (κ1) is 12.1. The van der Waals surface area contributed by atoms with E-state index < -0.39 is 5.91 Å². The van der Waals surface area contributed by atoms with Crippen LogP contribution in [0.1, 0.15) is 34.7 Å². The molecule has 21 heavy (non-hydrogen) atoms. The lowest BCUT2D eigenvalue weighted by molar-refractivity contribution is 0.0997. The van der Waals surface area contributed by atoms with Crippen molar-refractivity contribution in [1.82, 2.24) is 9.38 Å². The van der Waals surface area contributed by atoms with E-state index in [0.29, 0.717) is 5.69 Å². The van der Waals surface area contributed by atoms with Crippen molar-refractivity contribution in [3.8, 4) is 0 Å². The minimum atomic E-state index is -0.478. The van der Waals surface area contributed by atoms with Gasteiger partial charge in [0.15, 0.2) is 5.69 Å². The van der Waals surface area contributed by atoms with Crippen LogP contribution in [-0.2, 0) is 5.41 Å². The first-order valence-electron chi connectivity index (χ1n) is 7.05. The van der Waals surface area contributed by atoms with E-state index >= 15 is 0 Å². The highest BCUT2D eigenvalue weighted by Crippen LogP contribution is 2.53. The van der Waals surface area contributed by atoms with Crippen molar-refractivity contribution in [2.75, 3.05) is 0 Å². The Morgan fingerprint density at radius 1 is 1.10 bits per heavy atom. The molecule has 2 N–H and O–H groups in total. The minimum absolute atomic E-state index is 0.0841. The van der Waals surface area contributed by atoms with Gasteiger partial charge >= 0.3 is 0 Å². The molecule has 0 saturated heterocycles. The molecule has 4 heteroatoms. The average molecular weight is 277 g/mol. The van der Waals surface area contributed by atoms with Crippen LogP contribution in [0.4, 0.5) is 0 Å². The molecule has 1 aliphatic rings. The number of primary amides is 1. The van der Waals surface area contributed by atoms with Gasteiger partial charge in [-0.2, -0.15) is 0 Å². The summed E-state index contributed by atoms with van der Waals surface area (Å²) in [7, 11) is 0. The van der Waals surface area contributed by atoms with Gasteiger partial charge in [-0.25, -0.2) is 4.98 Å². The molecule has 0 unspecified atom stereocenters. The molecule has 1 aromatic carbocycles. The van der Waals surface area contributed by atoms with Gasteiger partial charge in [0.25, 0.3) is 5.91 Å². The molecule has 2 aromatic heterocycles. The zero-order valence-electron chi connectivity index (χ0n) is 11.5. The first-order chi connectivity index (χ1) is 10.2. The third kappa shape index (κ3) is 1.69. The second-order valence-electron chi connectivity index (χ2n) is 5.55. The highest BCUT2D eigenvalue weighted by molar-refractivity contribution is 5.98. The summed E-state index contributed by atoms with van der Waals surface area (Å²) in [6.45, 7) is 0. The van der Waals surface area contributed by atoms with Gasteiger partial charge in [-0.3, -0.25) is 4.79 Å². The molecule has 3 aromatic rings. The quantitative estimate of drug-likeness (QED) is 0.799. The zero-order valence-corrected chi connectivity index (χ0v) is 11.5. The van der Waals surface area contributed by atoms with Crippen LogP contribution in [0.15, 0.2) is 54.7 Å². The molecule has 0 atom stereocenters. The Hall–Kier alpha value is -2.62. The lowest BCUT2D eigenvalue weighted by atomic mass is 9.95. The second kappa shape index (κ2) is 4.19. The number of fused-ring (bicyclic) bond motifs is 1. The molecule has 2 heterocycles. The number of nitrogens with zero attached hydrogens (tertiary/aromatic N) is 2. The molecule has 4 rings (SSSR count). The number of hydrogen-bond acceptors (Lipinski definition) is 2. The number of rotatable bonds is 3. The van der Waals surface area contributed by atoms with E-state index in [1.165, 1.54) is 5.56 Å². The molecule has 0 radical (unpaired) electrons. The van der Waals surface area contributed by atoms with E-state index in [9.17, 15) is 4.79 Å². The Morgan fingerprint density at radius 2 is 1.81 bits per heavy atom. The van der Waals surface area contributed by atoms with Crippen molar-refractivity contribution in [3.63, 3.8) is 0 Å². The monoisotopic (exact) mass is 277 g/mol. The summed E-state index contributed by atoms with van der Waals surface area (Å²) in [5, 5.41) is 0. The second-order valence-corrected chi connectivity index (χ2v) is 5.55. The fraction of sp³-hybridized carbons (Fsp3) is 0.176. The molecule has 1 aliphatic carbocycles. The number of pyridine rings is 1. The van der Waals surface area contributed by atoms with Gasteiger partial charge in [-0.15, -0.1) is 0 Å². The first-order valence-corrected chi connectivity index (χ1v) is 7.05. The fourth-order valence-electron chi connectivity index (χ4n) is 3.08. The summed E-state index contributed by atoms with van der Waals surface area (Å²) in [5.74, 6) is 0.437. The van der Waals surface area contributed by atoms with Crippen LogP contribution >= 0.6 is 0 Å². The van der Waals surface area contributed by atoms with Crippen LogP contribution in [0.2, 0.25) is 0 Å². The predicted molar refractivity (Wildman–Crippen MR) is 80.2 cm³/mol. The summed E-state index contributed by atoms with van der Waals surface area (Å²) >= 11 is 0. The summed E-state index contributed by atoms with van der Waals surface area (Å²) in [6.07, 6.45) is 4.04. The maximum absolute atomic E-state index is 11.7. The van der Waals surface area contributed by atoms with E-state index in [1.807, 2.05) is 47.0 Å². The van der Waals surface area contributed by atoms with Crippen LogP contribution < -0.4 is 5.73 Å². The maximum atomic E-state index is 11.7. The van der Waals surface area contributed by atoms with E-state index in [0.717, 1.165) is 24.2 Å². The Kier molecular flexibility index (Phi) is 2.42. The number of aromatic nitrogens is 2. The molecule has 0 aliphatic heterocycles. The summed E-state index contributed by atoms with van der Waals surface area (Å²) in [4.78, 5) is 16.2. The van der Waals surface area contributed by atoms with E-state index in [-0.39, 0.29) is 5.41 Å². The Balaban J connectivity index is 1.98. The van der Waals surface area contributed by atoms with Crippen molar-refractivity contribution in [2.45, 2.75) is 18.3 Å². The van der Waals surface area contributed by atoms with Gasteiger partial charge in [0.1, 0.15) is 5.82 Å². The predicted octanol–water partition coefficient (Wildman–Crippen LogP) is 2.51. The number of imidazole rings is 1. The Labute approximate surface area is 122 Å². The Morgan fingerprint density at radius 3 is 2.48 bits per heavy atom. The fourth-order valence-corrected chi connectivity index (χ4v) is 3.08. The average Bonchev–Trinajstić information content (AvgIpc) is 3.23. The van der Waals surface area contributed by atoms with Gasteiger partial charge in [0.05, 0.1) is 10.9 Å². The molecule has 0 spiro atoms. The highest BCUT2D eigenvalue weighted by Gasteiger charge is 2.49. The number of nitrogens with two attached hydrogens (primary N) is 1. The van der Waals surface area contributed by atoms with Gasteiger partial charge < -0.3 is 10.1 Å². The lowest BCUT2D eigenvalue weighted by Gasteiger charge is -2.14. The molecule has 1 amide bonds. The zero-order chi connectivity index (χ0) is 14.4. The summed E-state index contributed by atoms with van der Waals surface area (Å²) < 4.78 is 2.00. The maximum Gasteiger partial charge on any atom is 0.269 e. The van der Waals surface area contributed by atoms with Crippen LogP contribution in [0.5, 0.6) is 0 Å². The number of carbonyl (C=O) groups is 1. The number of hydrogen-bond donors (Lipinski definition) is 1. The number of carbonyl (C=O) groups excluding carboxylic acids is 1. The van der Waals surface area contributed by atoms with Crippen molar-refractivity contribution in [1.29, 1.82) is 0 Å². The smallest absolute Gasteiger partial charge is 0.269 e. The molecule has 4 nitrogen and oxygen atoms in total. The van der Waals surface area contributed by atoms with Crippen LogP contribution in [0.3, 0.4) is 0 Å². The van der Waals surface area contributed by atoms with Gasteiger partial charge in [0.2, 0.25) is 0 Å². The molecular weight excluding hydrogens is 262 g/mol. The van der Waals surface area contributed by atoms with Crippen molar-refractivity contribution < 1.29 is 4.79 Å². The van der Waals surface area contributed by atoms with E-state index in [2.05, 4.69) is 17.1 Å².